The third kappa shape index (κ3) is 4.68. The van der Waals surface area contributed by atoms with Crippen molar-refractivity contribution in [3.63, 3.8) is 0 Å². The Morgan fingerprint density at radius 3 is 2.58 bits per heavy atom. The molecule has 0 heterocycles. The molecule has 0 aromatic heterocycles. The summed E-state index contributed by atoms with van der Waals surface area (Å²) in [7, 11) is 0. The summed E-state index contributed by atoms with van der Waals surface area (Å²) in [4.78, 5) is 3.67. The van der Waals surface area contributed by atoms with Gasteiger partial charge in [0.2, 0.25) is 0 Å². The largest absolute Gasteiger partial charge is 0.294 e. The zero-order chi connectivity index (χ0) is 7.94. The van der Waals surface area contributed by atoms with E-state index in [9.17, 15) is 0 Å². The monoisotopic (exact) mass is 253 g/mol. The maximum atomic E-state index is 7.96. The zero-order valence-electron chi connectivity index (χ0n) is 6.29. The fraction of sp³-hybridized carbons (Fsp3) is 0. The summed E-state index contributed by atoms with van der Waals surface area (Å²) < 4.78 is 0. The third-order valence-corrected chi connectivity index (χ3v) is 1.77. The van der Waals surface area contributed by atoms with Gasteiger partial charge in [0.1, 0.15) is 0 Å². The molecular formula is C7H6N3SY-. The van der Waals surface area contributed by atoms with Crippen LogP contribution in [0.5, 0.6) is 0 Å². The van der Waals surface area contributed by atoms with E-state index in [1.807, 2.05) is 30.3 Å². The molecule has 1 aromatic carbocycles. The molecule has 5 heteroatoms. The first-order valence-electron chi connectivity index (χ1n) is 3.01. The number of hydrogen-bond donors (Lipinski definition) is 0. The van der Waals surface area contributed by atoms with Crippen molar-refractivity contribution in [3.8, 4) is 0 Å². The van der Waals surface area contributed by atoms with E-state index in [1.165, 1.54) is 17.6 Å². The van der Waals surface area contributed by atoms with Crippen LogP contribution in [0.2, 0.25) is 0 Å². The first kappa shape index (κ1) is 11.9. The summed E-state index contributed by atoms with van der Waals surface area (Å²) in [6.07, 6.45) is 0. The summed E-state index contributed by atoms with van der Waals surface area (Å²) in [5.74, 6) is 1.47. The first-order valence-corrected chi connectivity index (χ1v) is 3.89. The number of rotatable bonds is 3. The van der Waals surface area contributed by atoms with Gasteiger partial charge >= 0.3 is 0 Å². The summed E-state index contributed by atoms with van der Waals surface area (Å²) in [6.45, 7) is 0. The molecule has 0 saturated heterocycles. The van der Waals surface area contributed by atoms with Crippen LogP contribution in [0, 0.1) is 5.88 Å². The van der Waals surface area contributed by atoms with Gasteiger partial charge in [-0.2, -0.15) is 0 Å². The molecule has 0 fully saturated rings. The van der Waals surface area contributed by atoms with Crippen LogP contribution in [0.25, 0.3) is 10.4 Å². The van der Waals surface area contributed by atoms with Crippen molar-refractivity contribution in [3.05, 3.63) is 46.7 Å². The molecule has 59 valence electrons. The molecule has 0 aliphatic rings. The summed E-state index contributed by atoms with van der Waals surface area (Å²) in [5, 5.41) is 3.29. The van der Waals surface area contributed by atoms with E-state index in [0.717, 1.165) is 4.90 Å². The van der Waals surface area contributed by atoms with Crippen molar-refractivity contribution in [2.24, 2.45) is 5.11 Å². The molecule has 0 saturated carbocycles. The Labute approximate surface area is 100 Å². The van der Waals surface area contributed by atoms with Gasteiger partial charge < -0.3 is 0 Å². The predicted octanol–water partition coefficient (Wildman–Crippen LogP) is 3.21. The van der Waals surface area contributed by atoms with Gasteiger partial charge in [-0.1, -0.05) is 30.3 Å². The van der Waals surface area contributed by atoms with Gasteiger partial charge in [0, 0.05) is 32.7 Å². The van der Waals surface area contributed by atoms with Gasteiger partial charge in [-0.3, -0.25) is 17.6 Å². The van der Waals surface area contributed by atoms with Crippen molar-refractivity contribution in [2.75, 3.05) is 0 Å². The van der Waals surface area contributed by atoms with Gasteiger partial charge in [-0.05, 0) is 15.3 Å². The minimum atomic E-state index is 0. The molecule has 1 aromatic rings. The Kier molecular flexibility index (Phi) is 7.41. The van der Waals surface area contributed by atoms with E-state index in [1.54, 1.807) is 0 Å². The molecule has 3 nitrogen and oxygen atoms in total. The fourth-order valence-corrected chi connectivity index (χ4v) is 1.13. The van der Waals surface area contributed by atoms with Crippen LogP contribution in [0.1, 0.15) is 0 Å². The van der Waals surface area contributed by atoms with E-state index in [2.05, 4.69) is 10.0 Å². The number of azide groups is 1. The standard InChI is InChI=1S/C7H6N3S.Y/c8-10-9-6-11-7-4-2-1-3-5-7;/h1-6H;/q-1;. The molecule has 0 atom stereocenters. The quantitative estimate of drug-likeness (QED) is 0.268. The van der Waals surface area contributed by atoms with Crippen LogP contribution in [0.15, 0.2) is 40.3 Å². The summed E-state index contributed by atoms with van der Waals surface area (Å²) >= 11 is 1.40. The Morgan fingerprint density at radius 1 is 1.33 bits per heavy atom. The number of benzene rings is 1. The minimum absolute atomic E-state index is 0. The van der Waals surface area contributed by atoms with Crippen LogP contribution in [-0.4, -0.2) is 0 Å². The molecule has 0 amide bonds. The Bertz CT molecular complexity index is 259. The minimum Gasteiger partial charge on any atom is -0.294 e. The van der Waals surface area contributed by atoms with E-state index in [0.29, 0.717) is 0 Å². The van der Waals surface area contributed by atoms with Crippen LogP contribution in [-0.2, 0) is 32.7 Å². The summed E-state index contributed by atoms with van der Waals surface area (Å²) in [6, 6.07) is 9.72. The van der Waals surface area contributed by atoms with Gasteiger partial charge in [-0.25, -0.2) is 5.11 Å². The van der Waals surface area contributed by atoms with Crippen molar-refractivity contribution >= 4 is 11.8 Å². The van der Waals surface area contributed by atoms with Crippen LogP contribution >= 0.6 is 11.8 Å². The number of thioether (sulfide) groups is 1. The number of nitrogens with zero attached hydrogens (tertiary/aromatic N) is 3. The molecule has 0 spiro atoms. The van der Waals surface area contributed by atoms with Crippen LogP contribution in [0.3, 0.4) is 0 Å². The van der Waals surface area contributed by atoms with E-state index >= 15 is 0 Å². The third-order valence-electron chi connectivity index (χ3n) is 1.03. The van der Waals surface area contributed by atoms with Crippen molar-refractivity contribution in [2.45, 2.75) is 4.90 Å². The predicted molar refractivity (Wildman–Crippen MR) is 45.7 cm³/mol. The second kappa shape index (κ2) is 7.50. The maximum absolute atomic E-state index is 7.96. The Morgan fingerprint density at radius 2 is 2.00 bits per heavy atom. The topological polar surface area (TPSA) is 48.8 Å². The smallest absolute Gasteiger partial charge is 0 e. The van der Waals surface area contributed by atoms with Gasteiger partial charge in [0.15, 0.2) is 0 Å². The average Bonchev–Trinajstić information content (AvgIpc) is 2.07. The van der Waals surface area contributed by atoms with E-state index in [4.69, 9.17) is 5.53 Å². The van der Waals surface area contributed by atoms with Crippen molar-refractivity contribution in [1.82, 2.24) is 0 Å². The molecule has 0 unspecified atom stereocenters. The van der Waals surface area contributed by atoms with Gasteiger partial charge in [0.05, 0.1) is 0 Å². The first-order chi connectivity index (χ1) is 5.43. The molecule has 1 radical (unpaired) electrons. The maximum Gasteiger partial charge on any atom is 0 e. The average molecular weight is 253 g/mol. The normalized spacial score (nSPS) is 7.67. The van der Waals surface area contributed by atoms with Crippen LogP contribution < -0.4 is 0 Å². The molecule has 0 aliphatic heterocycles. The zero-order valence-corrected chi connectivity index (χ0v) is 9.95. The van der Waals surface area contributed by atoms with E-state index in [-0.39, 0.29) is 32.7 Å². The second-order valence-corrected chi connectivity index (χ2v) is 2.66. The number of hydrogen-bond acceptors (Lipinski definition) is 2. The molecule has 0 bridgehead atoms. The van der Waals surface area contributed by atoms with Crippen molar-refractivity contribution in [1.29, 1.82) is 0 Å². The van der Waals surface area contributed by atoms with Crippen LogP contribution in [0.4, 0.5) is 0 Å². The van der Waals surface area contributed by atoms with E-state index < -0.39 is 0 Å². The fourth-order valence-electron chi connectivity index (χ4n) is 0.605. The van der Waals surface area contributed by atoms with Gasteiger partial charge in [-0.15, -0.1) is 0 Å². The molecule has 1 rings (SSSR count). The molecular weight excluding hydrogens is 247 g/mol. The van der Waals surface area contributed by atoms with Gasteiger partial charge in [0.25, 0.3) is 0 Å². The van der Waals surface area contributed by atoms with Crippen molar-refractivity contribution < 1.29 is 32.7 Å². The molecule has 12 heavy (non-hydrogen) atoms. The Hall–Kier alpha value is -0.146. The molecule has 0 aliphatic carbocycles. The second-order valence-electron chi connectivity index (χ2n) is 1.74. The molecule has 0 N–H and O–H groups in total. The Balaban J connectivity index is 0.00000121. The SMILES string of the molecule is [N-]=[N+]=N[CH-]Sc1ccccc1.[Y]. The summed E-state index contributed by atoms with van der Waals surface area (Å²) in [5.41, 5.74) is 7.96.